The van der Waals surface area contributed by atoms with E-state index < -0.39 is 16.1 Å². The molecule has 0 aliphatic heterocycles. The van der Waals surface area contributed by atoms with Crippen LogP contribution in [-0.2, 0) is 16.6 Å². The van der Waals surface area contributed by atoms with Gasteiger partial charge in [-0.15, -0.1) is 0 Å². The maximum Gasteiger partial charge on any atom is 0.247 e. The van der Waals surface area contributed by atoms with Gasteiger partial charge in [0.25, 0.3) is 0 Å². The smallest absolute Gasteiger partial charge is 0.247 e. The first-order valence-electron chi connectivity index (χ1n) is 9.45. The molecular weight excluding hydrogens is 402 g/mol. The minimum Gasteiger partial charge on any atom is -0.497 e. The van der Waals surface area contributed by atoms with Crippen molar-refractivity contribution in [1.29, 1.82) is 0 Å². The molecule has 0 saturated heterocycles. The number of nitrogens with zero attached hydrogens (tertiary/aromatic N) is 1. The largest absolute Gasteiger partial charge is 0.497 e. The van der Waals surface area contributed by atoms with Crippen molar-refractivity contribution in [3.05, 3.63) is 90.0 Å². The molecule has 0 amide bonds. The number of ether oxygens (including phenoxy) is 2. The average Bonchev–Trinajstić information content (AvgIpc) is 2.79. The Morgan fingerprint density at radius 3 is 2.30 bits per heavy atom. The monoisotopic (exact) mass is 427 g/mol. The molecule has 0 saturated carbocycles. The lowest BCUT2D eigenvalue weighted by Crippen LogP contribution is -2.34. The van der Waals surface area contributed by atoms with Crippen LogP contribution < -0.4 is 9.47 Å². The molecule has 7 heteroatoms. The quantitative estimate of drug-likeness (QED) is 0.564. The van der Waals surface area contributed by atoms with Crippen LogP contribution in [0.25, 0.3) is 0 Å². The molecule has 1 N–H and O–H groups in total. The first kappa shape index (κ1) is 21.8. The van der Waals surface area contributed by atoms with Crippen molar-refractivity contribution in [3.8, 4) is 11.5 Å². The average molecular weight is 428 g/mol. The summed E-state index contributed by atoms with van der Waals surface area (Å²) in [5.74, 6) is 0.847. The van der Waals surface area contributed by atoms with Crippen LogP contribution >= 0.6 is 0 Å². The van der Waals surface area contributed by atoms with Crippen molar-refractivity contribution in [3.63, 3.8) is 0 Å². The predicted octanol–water partition coefficient (Wildman–Crippen LogP) is 3.63. The molecule has 3 aromatic rings. The lowest BCUT2D eigenvalue weighted by Gasteiger charge is -2.26. The normalized spacial score (nSPS) is 12.5. The Morgan fingerprint density at radius 2 is 1.60 bits per heavy atom. The van der Waals surface area contributed by atoms with Gasteiger partial charge in [-0.05, 0) is 35.4 Å². The summed E-state index contributed by atoms with van der Waals surface area (Å²) in [5.41, 5.74) is 1.39. The van der Waals surface area contributed by atoms with E-state index in [1.807, 2.05) is 30.3 Å². The number of rotatable bonds is 9. The van der Waals surface area contributed by atoms with Gasteiger partial charge in [-0.2, -0.15) is 4.31 Å². The molecule has 158 valence electrons. The summed E-state index contributed by atoms with van der Waals surface area (Å²) in [6.07, 6.45) is -1.03. The van der Waals surface area contributed by atoms with E-state index in [1.165, 1.54) is 17.5 Å². The van der Waals surface area contributed by atoms with E-state index in [0.717, 1.165) is 5.56 Å². The number of para-hydroxylation sites is 1. The van der Waals surface area contributed by atoms with Gasteiger partial charge in [0.2, 0.25) is 10.0 Å². The van der Waals surface area contributed by atoms with Crippen LogP contribution in [0.5, 0.6) is 11.5 Å². The summed E-state index contributed by atoms with van der Waals surface area (Å²) in [6, 6.07) is 22.7. The van der Waals surface area contributed by atoms with Gasteiger partial charge in [0.05, 0.1) is 20.3 Å². The zero-order chi connectivity index (χ0) is 21.6. The van der Waals surface area contributed by atoms with Crippen molar-refractivity contribution in [1.82, 2.24) is 4.31 Å². The Balaban J connectivity index is 1.97. The maximum atomic E-state index is 13.5. The van der Waals surface area contributed by atoms with Gasteiger partial charge in [0, 0.05) is 13.1 Å². The molecule has 3 aromatic carbocycles. The molecule has 30 heavy (non-hydrogen) atoms. The molecule has 0 radical (unpaired) electrons. The molecule has 0 bridgehead atoms. The molecule has 0 aliphatic rings. The minimum atomic E-state index is -3.94. The first-order chi connectivity index (χ1) is 14.5. The number of aliphatic hydroxyl groups excluding tert-OH is 1. The summed E-state index contributed by atoms with van der Waals surface area (Å²) in [5, 5.41) is 10.8. The second-order valence-electron chi connectivity index (χ2n) is 6.73. The molecule has 0 aromatic heterocycles. The molecule has 1 atom stereocenters. The highest BCUT2D eigenvalue weighted by molar-refractivity contribution is 7.89. The second-order valence-corrected chi connectivity index (χ2v) is 8.63. The van der Waals surface area contributed by atoms with Crippen LogP contribution in [-0.4, -0.2) is 38.6 Å². The fourth-order valence-corrected chi connectivity index (χ4v) is 4.74. The molecule has 0 aliphatic carbocycles. The third kappa shape index (κ3) is 4.99. The Labute approximate surface area is 177 Å². The number of methoxy groups -OCH3 is 2. The fraction of sp³-hybridized carbons (Fsp3) is 0.217. The van der Waals surface area contributed by atoms with E-state index in [9.17, 15) is 13.5 Å². The number of aliphatic hydroxyl groups is 1. The summed E-state index contributed by atoms with van der Waals surface area (Å²) < 4.78 is 38.8. The fourth-order valence-electron chi connectivity index (χ4n) is 3.15. The summed E-state index contributed by atoms with van der Waals surface area (Å²) in [4.78, 5) is 0.0567. The number of sulfonamides is 1. The van der Waals surface area contributed by atoms with E-state index in [1.54, 1.807) is 49.6 Å². The third-order valence-electron chi connectivity index (χ3n) is 4.74. The Morgan fingerprint density at radius 1 is 0.900 bits per heavy atom. The standard InChI is InChI=1S/C23H25NO5S/c1-28-20-12-8-11-19(15-20)21(25)17-24(16-18-9-4-3-5-10-18)30(26,27)23-14-7-6-13-22(23)29-2/h3-15,21,25H,16-17H2,1-2H3/t21-/m1/s1. The summed E-state index contributed by atoms with van der Waals surface area (Å²) >= 11 is 0. The van der Waals surface area contributed by atoms with E-state index in [2.05, 4.69) is 0 Å². The Bertz CT molecular complexity index is 1070. The first-order valence-corrected chi connectivity index (χ1v) is 10.9. The van der Waals surface area contributed by atoms with Crippen molar-refractivity contribution < 1.29 is 23.0 Å². The van der Waals surface area contributed by atoms with Gasteiger partial charge >= 0.3 is 0 Å². The molecule has 0 unspecified atom stereocenters. The van der Waals surface area contributed by atoms with E-state index >= 15 is 0 Å². The van der Waals surface area contributed by atoms with E-state index in [4.69, 9.17) is 9.47 Å². The van der Waals surface area contributed by atoms with Gasteiger partial charge in [-0.1, -0.05) is 54.6 Å². The lowest BCUT2D eigenvalue weighted by molar-refractivity contribution is 0.145. The van der Waals surface area contributed by atoms with Crippen LogP contribution in [0.2, 0.25) is 0 Å². The highest BCUT2D eigenvalue weighted by Crippen LogP contribution is 2.29. The summed E-state index contributed by atoms with van der Waals surface area (Å²) in [6.45, 7) is -0.00923. The van der Waals surface area contributed by atoms with Gasteiger partial charge in [-0.3, -0.25) is 0 Å². The molecular formula is C23H25NO5S. The third-order valence-corrected chi connectivity index (χ3v) is 6.59. The van der Waals surface area contributed by atoms with Crippen molar-refractivity contribution in [2.24, 2.45) is 0 Å². The highest BCUT2D eigenvalue weighted by atomic mass is 32.2. The van der Waals surface area contributed by atoms with Crippen molar-refractivity contribution in [2.75, 3.05) is 20.8 Å². The zero-order valence-corrected chi connectivity index (χ0v) is 17.7. The van der Waals surface area contributed by atoms with Crippen molar-refractivity contribution in [2.45, 2.75) is 17.5 Å². The number of benzene rings is 3. The van der Waals surface area contributed by atoms with E-state index in [0.29, 0.717) is 11.3 Å². The zero-order valence-electron chi connectivity index (χ0n) is 16.9. The van der Waals surface area contributed by atoms with Gasteiger partial charge in [0.1, 0.15) is 16.4 Å². The van der Waals surface area contributed by atoms with Crippen LogP contribution in [0.4, 0.5) is 0 Å². The van der Waals surface area contributed by atoms with Gasteiger partial charge in [0.15, 0.2) is 0 Å². The van der Waals surface area contributed by atoms with Crippen molar-refractivity contribution >= 4 is 10.0 Å². The van der Waals surface area contributed by atoms with Gasteiger partial charge < -0.3 is 14.6 Å². The topological polar surface area (TPSA) is 76.1 Å². The Kier molecular flexibility index (Phi) is 7.10. The predicted molar refractivity (Wildman–Crippen MR) is 115 cm³/mol. The molecule has 0 fully saturated rings. The Hall–Kier alpha value is -2.87. The van der Waals surface area contributed by atoms with Crippen LogP contribution in [0.3, 0.4) is 0 Å². The number of hydrogen-bond donors (Lipinski definition) is 1. The van der Waals surface area contributed by atoms with Crippen LogP contribution in [0.1, 0.15) is 17.2 Å². The number of hydrogen-bond acceptors (Lipinski definition) is 5. The second kappa shape index (κ2) is 9.75. The highest BCUT2D eigenvalue weighted by Gasteiger charge is 2.30. The minimum absolute atomic E-state index is 0.0567. The molecule has 6 nitrogen and oxygen atoms in total. The maximum absolute atomic E-state index is 13.5. The van der Waals surface area contributed by atoms with Crippen LogP contribution in [0.15, 0.2) is 83.8 Å². The molecule has 0 heterocycles. The van der Waals surface area contributed by atoms with Crippen LogP contribution in [0, 0.1) is 0 Å². The van der Waals surface area contributed by atoms with Gasteiger partial charge in [-0.25, -0.2) is 8.42 Å². The summed E-state index contributed by atoms with van der Waals surface area (Å²) in [7, 11) is -0.971. The molecule has 0 spiro atoms. The van der Waals surface area contributed by atoms with E-state index in [-0.39, 0.29) is 23.7 Å². The lowest BCUT2D eigenvalue weighted by atomic mass is 10.1. The SMILES string of the molecule is COc1cccc([C@H](O)CN(Cc2ccccc2)S(=O)(=O)c2ccccc2OC)c1. The molecule has 3 rings (SSSR count).